The Hall–Kier alpha value is -6.78. The fourth-order valence-corrected chi connectivity index (χ4v) is 6.67. The second-order valence-electron chi connectivity index (χ2n) is 15.0. The predicted molar refractivity (Wildman–Crippen MR) is 231 cm³/mol. The first-order valence-electron chi connectivity index (χ1n) is 20.4. The summed E-state index contributed by atoms with van der Waals surface area (Å²) in [4.78, 5) is 75.2. The van der Waals surface area contributed by atoms with Crippen molar-refractivity contribution in [2.45, 2.75) is 83.1 Å². The van der Waals surface area contributed by atoms with Crippen molar-refractivity contribution in [1.29, 1.82) is 0 Å². The van der Waals surface area contributed by atoms with Crippen LogP contribution in [0.5, 0.6) is 5.75 Å². The largest absolute Gasteiger partial charge is 0.497 e. The van der Waals surface area contributed by atoms with Gasteiger partial charge in [0.2, 0.25) is 17.7 Å². The Kier molecular flexibility index (Phi) is 17.4. The lowest BCUT2D eigenvalue weighted by Gasteiger charge is -2.33. The summed E-state index contributed by atoms with van der Waals surface area (Å²) in [5.41, 5.74) is 3.74. The maximum absolute atomic E-state index is 14.5. The number of aromatic nitrogens is 2. The van der Waals surface area contributed by atoms with Gasteiger partial charge in [0, 0.05) is 13.0 Å². The van der Waals surface area contributed by atoms with Gasteiger partial charge in [-0.3, -0.25) is 24.5 Å². The number of methoxy groups -OCH3 is 2. The van der Waals surface area contributed by atoms with Crippen LogP contribution in [0.25, 0.3) is 11.0 Å². The first-order chi connectivity index (χ1) is 29.9. The van der Waals surface area contributed by atoms with Gasteiger partial charge in [0.05, 0.1) is 43.9 Å². The molecule has 5 atom stereocenters. The number of hydrogen-bond acceptors (Lipinski definition) is 11. The zero-order valence-electron chi connectivity index (χ0n) is 35.3. The van der Waals surface area contributed by atoms with Crippen LogP contribution in [0, 0.1) is 5.92 Å². The van der Waals surface area contributed by atoms with Crippen molar-refractivity contribution in [2.75, 3.05) is 14.2 Å². The number of amides is 4. The van der Waals surface area contributed by atoms with Crippen LogP contribution < -0.4 is 31.3 Å². The van der Waals surface area contributed by atoms with Gasteiger partial charge in [0.15, 0.2) is 0 Å². The third-order valence-corrected chi connectivity index (χ3v) is 10.1. The van der Waals surface area contributed by atoms with E-state index in [2.05, 4.69) is 36.6 Å². The number of aliphatic hydroxyl groups excluding tert-OH is 1. The SMILES string of the molecule is COC(=O)CC[C@H](NC(=O)[C@H](NCc1ccc(OC)cc1)[C@H](O)[C@H](Cc1ccccc1)NC(=O)[C@@H](NC(=O)OCc1ccccc1)C(C)C)C(=O)NCc1nc2ccccc2[nH]1. The Bertz CT molecular complexity index is 2190. The number of aromatic amines is 1. The predicted octanol–water partition coefficient (Wildman–Crippen LogP) is 3.82. The molecule has 0 spiro atoms. The highest BCUT2D eigenvalue weighted by atomic mass is 16.5. The van der Waals surface area contributed by atoms with Gasteiger partial charge >= 0.3 is 12.1 Å². The van der Waals surface area contributed by atoms with Crippen LogP contribution in [0.2, 0.25) is 0 Å². The van der Waals surface area contributed by atoms with Gasteiger partial charge in [-0.15, -0.1) is 0 Å². The maximum Gasteiger partial charge on any atom is 0.408 e. The standard InChI is InChI=1S/C46H55N7O9/c1-29(2)40(53-46(59)62-28-32-15-9-6-10-16-32)44(57)52-37(25-30-13-7-5-8-14-30)42(55)41(47-26-31-19-21-33(60-3)22-20-31)45(58)51-36(23-24-39(54)61-4)43(56)48-27-38-49-34-17-11-12-18-35(34)50-38/h5-22,29,36-37,40-42,47,55H,23-28H2,1-4H3,(H,48,56)(H,49,50)(H,51,58)(H,52,57)(H,53,59)/t36-,37-,40-,41+,42+/m0/s1. The van der Waals surface area contributed by atoms with Crippen LogP contribution in [-0.2, 0) is 54.8 Å². The lowest BCUT2D eigenvalue weighted by Crippen LogP contribution is -2.63. The van der Waals surface area contributed by atoms with Crippen molar-refractivity contribution in [3.63, 3.8) is 0 Å². The van der Waals surface area contributed by atoms with Crippen LogP contribution in [0.15, 0.2) is 109 Å². The van der Waals surface area contributed by atoms with Crippen LogP contribution in [0.4, 0.5) is 4.79 Å². The van der Waals surface area contributed by atoms with E-state index >= 15 is 0 Å². The van der Waals surface area contributed by atoms with Gasteiger partial charge in [0.1, 0.15) is 36.3 Å². The summed E-state index contributed by atoms with van der Waals surface area (Å²) in [6.45, 7) is 3.58. The third-order valence-electron chi connectivity index (χ3n) is 10.1. The molecule has 0 radical (unpaired) electrons. The molecule has 62 heavy (non-hydrogen) atoms. The molecule has 0 aliphatic carbocycles. The number of rotatable bonds is 22. The fraction of sp³-hybridized carbons (Fsp3) is 0.348. The van der Waals surface area contributed by atoms with Crippen LogP contribution in [-0.4, -0.2) is 89.3 Å². The number of hydrogen-bond donors (Lipinski definition) is 7. The van der Waals surface area contributed by atoms with E-state index in [-0.39, 0.29) is 39.0 Å². The number of esters is 1. The average molecular weight is 850 g/mol. The Morgan fingerprint density at radius 1 is 0.710 bits per heavy atom. The molecular formula is C46H55N7O9. The summed E-state index contributed by atoms with van der Waals surface area (Å²) in [6.07, 6.45) is -2.67. The lowest BCUT2D eigenvalue weighted by molar-refractivity contribution is -0.141. The highest BCUT2D eigenvalue weighted by molar-refractivity contribution is 5.91. The third kappa shape index (κ3) is 13.9. The van der Waals surface area contributed by atoms with Gasteiger partial charge < -0.3 is 45.6 Å². The van der Waals surface area contributed by atoms with Gasteiger partial charge in [-0.2, -0.15) is 0 Å². The van der Waals surface area contributed by atoms with Crippen molar-refractivity contribution in [1.82, 2.24) is 36.6 Å². The second kappa shape index (κ2) is 23.3. The number of carbonyl (C=O) groups is 5. The number of nitrogens with one attached hydrogen (secondary N) is 6. The number of alkyl carbamates (subject to hydrolysis) is 1. The van der Waals surface area contributed by atoms with Gasteiger partial charge in [-0.1, -0.05) is 98.8 Å². The molecule has 5 aromatic rings. The minimum absolute atomic E-state index is 0.00405. The number of imidazole rings is 1. The van der Waals surface area contributed by atoms with Crippen molar-refractivity contribution in [3.05, 3.63) is 132 Å². The summed E-state index contributed by atoms with van der Waals surface area (Å²) in [5.74, 6) is -1.91. The van der Waals surface area contributed by atoms with E-state index in [9.17, 15) is 29.1 Å². The molecule has 0 aliphatic rings. The molecule has 4 aromatic carbocycles. The second-order valence-corrected chi connectivity index (χ2v) is 15.0. The van der Waals surface area contributed by atoms with Crippen molar-refractivity contribution >= 4 is 40.8 Å². The summed E-state index contributed by atoms with van der Waals surface area (Å²) < 4.78 is 15.5. The monoisotopic (exact) mass is 849 g/mol. The highest BCUT2D eigenvalue weighted by Crippen LogP contribution is 2.16. The van der Waals surface area contributed by atoms with Crippen LogP contribution in [0.1, 0.15) is 49.2 Å². The number of aliphatic hydroxyl groups is 1. The molecule has 328 valence electrons. The van der Waals surface area contributed by atoms with E-state index in [1.165, 1.54) is 7.11 Å². The molecule has 0 saturated carbocycles. The first-order valence-corrected chi connectivity index (χ1v) is 20.4. The molecule has 0 aliphatic heterocycles. The number of para-hydroxylation sites is 2. The summed E-state index contributed by atoms with van der Waals surface area (Å²) >= 11 is 0. The van der Waals surface area contributed by atoms with E-state index < -0.39 is 66.0 Å². The Labute approximate surface area is 360 Å². The molecule has 7 N–H and O–H groups in total. The highest BCUT2D eigenvalue weighted by Gasteiger charge is 2.37. The minimum Gasteiger partial charge on any atom is -0.497 e. The van der Waals surface area contributed by atoms with E-state index in [4.69, 9.17) is 14.2 Å². The molecule has 4 amide bonds. The van der Waals surface area contributed by atoms with Crippen LogP contribution >= 0.6 is 0 Å². The normalized spacial score (nSPS) is 13.5. The van der Waals surface area contributed by atoms with Gasteiger partial charge in [-0.05, 0) is 59.7 Å². The Morgan fingerprint density at radius 2 is 1.35 bits per heavy atom. The van der Waals surface area contributed by atoms with Crippen molar-refractivity contribution in [2.24, 2.45) is 5.92 Å². The topological polar surface area (TPSA) is 222 Å². The van der Waals surface area contributed by atoms with Crippen molar-refractivity contribution < 1.29 is 43.3 Å². The Morgan fingerprint density at radius 3 is 2.00 bits per heavy atom. The number of ether oxygens (including phenoxy) is 3. The summed E-state index contributed by atoms with van der Waals surface area (Å²) in [7, 11) is 2.77. The zero-order valence-corrected chi connectivity index (χ0v) is 35.3. The zero-order chi connectivity index (χ0) is 44.4. The van der Waals surface area contributed by atoms with E-state index in [0.717, 1.165) is 22.2 Å². The molecule has 1 heterocycles. The van der Waals surface area contributed by atoms with E-state index in [1.54, 1.807) is 57.4 Å². The molecule has 16 nitrogen and oxygen atoms in total. The molecule has 16 heteroatoms. The molecule has 0 saturated heterocycles. The van der Waals surface area contributed by atoms with Gasteiger partial charge in [-0.25, -0.2) is 9.78 Å². The molecule has 0 fully saturated rings. The molecule has 1 aromatic heterocycles. The number of H-pyrrole nitrogens is 1. The van der Waals surface area contributed by atoms with Crippen LogP contribution in [0.3, 0.4) is 0 Å². The average Bonchev–Trinajstić information content (AvgIpc) is 3.71. The number of carbonyl (C=O) groups excluding carboxylic acids is 5. The van der Waals surface area contributed by atoms with Gasteiger partial charge in [0.25, 0.3) is 0 Å². The number of nitrogens with zero attached hydrogens (tertiary/aromatic N) is 1. The van der Waals surface area contributed by atoms with Crippen molar-refractivity contribution in [3.8, 4) is 5.75 Å². The van der Waals surface area contributed by atoms with E-state index in [1.807, 2.05) is 72.8 Å². The smallest absolute Gasteiger partial charge is 0.408 e. The molecule has 5 rings (SSSR count). The van der Waals surface area contributed by atoms with E-state index in [0.29, 0.717) is 17.1 Å². The molecule has 0 unspecified atom stereocenters. The number of fused-ring (bicyclic) bond motifs is 1. The Balaban J connectivity index is 1.39. The lowest BCUT2D eigenvalue weighted by atomic mass is 9.94. The minimum atomic E-state index is -1.62. The molecule has 0 bridgehead atoms. The summed E-state index contributed by atoms with van der Waals surface area (Å²) in [6, 6.07) is 27.8. The fourth-order valence-electron chi connectivity index (χ4n) is 6.67. The summed E-state index contributed by atoms with van der Waals surface area (Å²) in [5, 5.41) is 26.5. The maximum atomic E-state index is 14.5. The first kappa shape index (κ1) is 46.3. The number of benzene rings is 4. The quantitative estimate of drug-likeness (QED) is 0.0496. The molecular weight excluding hydrogens is 795 g/mol.